The predicted molar refractivity (Wildman–Crippen MR) is 68.6 cm³/mol. The van der Waals surface area contributed by atoms with Crippen LogP contribution in [0, 0.1) is 6.92 Å². The van der Waals surface area contributed by atoms with Crippen LogP contribution in [0.15, 0.2) is 36.5 Å². The SMILES string of the molecule is Cc1sc2ncc(C=O)n2c1-c1ccccc1. The molecule has 0 aliphatic heterocycles. The average Bonchev–Trinajstić information content (AvgIpc) is 2.87. The number of carbonyl (C=O) groups excluding carboxylic acids is 1. The van der Waals surface area contributed by atoms with Gasteiger partial charge in [-0.2, -0.15) is 0 Å². The van der Waals surface area contributed by atoms with Crippen molar-refractivity contribution in [3.8, 4) is 11.3 Å². The second kappa shape index (κ2) is 3.82. The minimum absolute atomic E-state index is 0.600. The quantitative estimate of drug-likeness (QED) is 0.647. The molecule has 0 aliphatic carbocycles. The van der Waals surface area contributed by atoms with Crippen molar-refractivity contribution in [2.45, 2.75) is 6.92 Å². The molecule has 0 spiro atoms. The maximum atomic E-state index is 11.0. The van der Waals surface area contributed by atoms with Crippen LogP contribution < -0.4 is 0 Å². The lowest BCUT2D eigenvalue weighted by Gasteiger charge is -2.02. The Labute approximate surface area is 102 Å². The van der Waals surface area contributed by atoms with Crippen LogP contribution in [-0.4, -0.2) is 15.7 Å². The van der Waals surface area contributed by atoms with Gasteiger partial charge >= 0.3 is 0 Å². The number of fused-ring (bicyclic) bond motifs is 1. The molecular formula is C13H10N2OS. The van der Waals surface area contributed by atoms with Gasteiger partial charge in [-0.25, -0.2) is 4.98 Å². The first-order valence-corrected chi connectivity index (χ1v) is 6.10. The van der Waals surface area contributed by atoms with Crippen molar-refractivity contribution in [1.29, 1.82) is 0 Å². The molecular weight excluding hydrogens is 232 g/mol. The molecule has 0 radical (unpaired) electrons. The fourth-order valence-electron chi connectivity index (χ4n) is 2.00. The monoisotopic (exact) mass is 242 g/mol. The third-order valence-corrected chi connectivity index (χ3v) is 3.70. The molecule has 0 bridgehead atoms. The average molecular weight is 242 g/mol. The van der Waals surface area contributed by atoms with Crippen LogP contribution in [0.3, 0.4) is 0 Å². The molecule has 0 unspecified atom stereocenters. The van der Waals surface area contributed by atoms with Gasteiger partial charge in [0.05, 0.1) is 11.9 Å². The van der Waals surface area contributed by atoms with E-state index in [1.165, 1.54) is 4.88 Å². The normalized spacial score (nSPS) is 10.9. The fraction of sp³-hybridized carbons (Fsp3) is 0.0769. The van der Waals surface area contributed by atoms with Gasteiger partial charge in [-0.3, -0.25) is 9.20 Å². The number of nitrogens with zero attached hydrogens (tertiary/aromatic N) is 2. The topological polar surface area (TPSA) is 34.4 Å². The van der Waals surface area contributed by atoms with E-state index in [-0.39, 0.29) is 0 Å². The van der Waals surface area contributed by atoms with E-state index in [9.17, 15) is 4.79 Å². The van der Waals surface area contributed by atoms with E-state index in [0.717, 1.165) is 22.5 Å². The fourth-order valence-corrected chi connectivity index (χ4v) is 2.97. The maximum absolute atomic E-state index is 11.0. The molecule has 0 atom stereocenters. The maximum Gasteiger partial charge on any atom is 0.194 e. The van der Waals surface area contributed by atoms with Gasteiger partial charge in [-0.1, -0.05) is 30.3 Å². The summed E-state index contributed by atoms with van der Waals surface area (Å²) in [5.74, 6) is 0. The number of carbonyl (C=O) groups is 1. The number of imidazole rings is 1. The molecule has 0 N–H and O–H groups in total. The molecule has 3 aromatic rings. The van der Waals surface area contributed by atoms with E-state index < -0.39 is 0 Å². The summed E-state index contributed by atoms with van der Waals surface area (Å²) >= 11 is 1.60. The summed E-state index contributed by atoms with van der Waals surface area (Å²) in [5, 5.41) is 0. The number of rotatable bonds is 2. The van der Waals surface area contributed by atoms with Gasteiger partial charge in [0.1, 0.15) is 5.69 Å². The summed E-state index contributed by atoms with van der Waals surface area (Å²) in [4.78, 5) is 17.3. The molecule has 84 valence electrons. The lowest BCUT2D eigenvalue weighted by atomic mass is 10.1. The Hall–Kier alpha value is -1.94. The molecule has 3 nitrogen and oxygen atoms in total. The third-order valence-electron chi connectivity index (χ3n) is 2.73. The number of hydrogen-bond acceptors (Lipinski definition) is 3. The van der Waals surface area contributed by atoms with Gasteiger partial charge < -0.3 is 0 Å². The number of aryl methyl sites for hydroxylation is 1. The largest absolute Gasteiger partial charge is 0.296 e. The Bertz CT molecular complexity index is 682. The van der Waals surface area contributed by atoms with Gasteiger partial charge in [0.15, 0.2) is 11.2 Å². The van der Waals surface area contributed by atoms with Crippen molar-refractivity contribution < 1.29 is 4.79 Å². The smallest absolute Gasteiger partial charge is 0.194 e. The first-order chi connectivity index (χ1) is 8.31. The number of benzene rings is 1. The second-order valence-electron chi connectivity index (χ2n) is 3.79. The highest BCUT2D eigenvalue weighted by molar-refractivity contribution is 7.17. The summed E-state index contributed by atoms with van der Waals surface area (Å²) in [6.45, 7) is 2.05. The summed E-state index contributed by atoms with van der Waals surface area (Å²) < 4.78 is 1.92. The highest BCUT2D eigenvalue weighted by atomic mass is 32.1. The number of thiazole rings is 1. The molecule has 3 rings (SSSR count). The Morgan fingerprint density at radius 2 is 2.06 bits per heavy atom. The molecule has 4 heteroatoms. The zero-order valence-corrected chi connectivity index (χ0v) is 10.1. The van der Waals surface area contributed by atoms with E-state index in [2.05, 4.69) is 11.9 Å². The van der Waals surface area contributed by atoms with Crippen molar-refractivity contribution in [2.24, 2.45) is 0 Å². The van der Waals surface area contributed by atoms with Gasteiger partial charge in [-0.15, -0.1) is 11.3 Å². The van der Waals surface area contributed by atoms with Crippen LogP contribution in [0.25, 0.3) is 16.2 Å². The standard InChI is InChI=1S/C13H10N2OS/c1-9-12(10-5-3-2-4-6-10)15-11(8-16)7-14-13(15)17-9/h2-8H,1H3. The van der Waals surface area contributed by atoms with Crippen molar-refractivity contribution in [3.05, 3.63) is 47.1 Å². The number of hydrogen-bond donors (Lipinski definition) is 0. The molecule has 17 heavy (non-hydrogen) atoms. The molecule has 2 heterocycles. The van der Waals surface area contributed by atoms with Gasteiger partial charge in [-0.05, 0) is 12.5 Å². The van der Waals surface area contributed by atoms with E-state index in [4.69, 9.17) is 0 Å². The Kier molecular flexibility index (Phi) is 2.30. The van der Waals surface area contributed by atoms with Gasteiger partial charge in [0, 0.05) is 4.88 Å². The summed E-state index contributed by atoms with van der Waals surface area (Å²) in [5.41, 5.74) is 2.77. The second-order valence-corrected chi connectivity index (χ2v) is 4.97. The van der Waals surface area contributed by atoms with E-state index in [0.29, 0.717) is 5.69 Å². The van der Waals surface area contributed by atoms with E-state index in [1.807, 2.05) is 34.7 Å². The summed E-state index contributed by atoms with van der Waals surface area (Å²) in [6.07, 6.45) is 2.46. The highest BCUT2D eigenvalue weighted by Crippen LogP contribution is 2.31. The van der Waals surface area contributed by atoms with Crippen LogP contribution in [0.2, 0.25) is 0 Å². The Morgan fingerprint density at radius 3 is 2.76 bits per heavy atom. The molecule has 0 fully saturated rings. The van der Waals surface area contributed by atoms with Crippen molar-refractivity contribution in [1.82, 2.24) is 9.38 Å². The summed E-state index contributed by atoms with van der Waals surface area (Å²) in [6, 6.07) is 10.1. The predicted octanol–water partition coefficient (Wildman–Crippen LogP) is 3.18. The highest BCUT2D eigenvalue weighted by Gasteiger charge is 2.14. The minimum Gasteiger partial charge on any atom is -0.296 e. The van der Waals surface area contributed by atoms with E-state index >= 15 is 0 Å². The molecule has 0 saturated carbocycles. The van der Waals surface area contributed by atoms with Gasteiger partial charge in [0.25, 0.3) is 0 Å². The van der Waals surface area contributed by atoms with Crippen LogP contribution in [-0.2, 0) is 0 Å². The van der Waals surface area contributed by atoms with Crippen LogP contribution in [0.5, 0.6) is 0 Å². The molecule has 0 saturated heterocycles. The Balaban J connectivity index is 2.38. The van der Waals surface area contributed by atoms with Crippen LogP contribution >= 0.6 is 11.3 Å². The zero-order valence-electron chi connectivity index (χ0n) is 9.25. The van der Waals surface area contributed by atoms with Crippen LogP contribution in [0.4, 0.5) is 0 Å². The first kappa shape index (κ1) is 10.2. The Morgan fingerprint density at radius 1 is 1.29 bits per heavy atom. The molecule has 1 aromatic carbocycles. The molecule has 0 amide bonds. The van der Waals surface area contributed by atoms with Crippen molar-refractivity contribution in [3.63, 3.8) is 0 Å². The number of aldehydes is 1. The van der Waals surface area contributed by atoms with E-state index in [1.54, 1.807) is 17.5 Å². The lowest BCUT2D eigenvalue weighted by Crippen LogP contribution is -1.92. The minimum atomic E-state index is 0.600. The van der Waals surface area contributed by atoms with Crippen LogP contribution in [0.1, 0.15) is 15.4 Å². The lowest BCUT2D eigenvalue weighted by molar-refractivity contribution is 0.111. The zero-order chi connectivity index (χ0) is 11.8. The van der Waals surface area contributed by atoms with Gasteiger partial charge in [0.2, 0.25) is 0 Å². The first-order valence-electron chi connectivity index (χ1n) is 5.28. The molecule has 2 aromatic heterocycles. The molecule has 0 aliphatic rings. The van der Waals surface area contributed by atoms with Crippen molar-refractivity contribution in [2.75, 3.05) is 0 Å². The number of aromatic nitrogens is 2. The third kappa shape index (κ3) is 1.49. The van der Waals surface area contributed by atoms with Crippen molar-refractivity contribution >= 4 is 22.6 Å². The summed E-state index contributed by atoms with van der Waals surface area (Å²) in [7, 11) is 0.